The zero-order chi connectivity index (χ0) is 24.2. The van der Waals surface area contributed by atoms with Crippen molar-refractivity contribution in [2.24, 2.45) is 33.8 Å². The summed E-state index contributed by atoms with van der Waals surface area (Å²) in [6, 6.07) is -3.44. The topological polar surface area (TPSA) is 246 Å². The van der Waals surface area contributed by atoms with E-state index in [4.69, 9.17) is 28.0 Å². The molecule has 0 saturated heterocycles. The Bertz CT molecular complexity index is 726. The van der Waals surface area contributed by atoms with Crippen molar-refractivity contribution < 1.29 is 33.5 Å². The molecule has 0 aliphatic rings. The van der Waals surface area contributed by atoms with Gasteiger partial charge in [-0.15, -0.1) is 0 Å². The maximum absolute atomic E-state index is 12.4. The molecule has 0 saturated carbocycles. The van der Waals surface area contributed by atoms with Crippen LogP contribution in [0.1, 0.15) is 39.5 Å². The van der Waals surface area contributed by atoms with E-state index < -0.39 is 43.6 Å². The number of amides is 1. The minimum absolute atomic E-state index is 0.0161. The van der Waals surface area contributed by atoms with Crippen LogP contribution >= 0.6 is 7.60 Å². The molecule has 0 aliphatic carbocycles. The van der Waals surface area contributed by atoms with Gasteiger partial charge < -0.3 is 42.8 Å². The number of carbonyl (C=O) groups excluding carboxylic acids is 2. The molecule has 0 aromatic rings. The number of aliphatic imine (C=N–C) groups is 1. The molecule has 2 unspecified atom stereocenters. The molecular formula is C17H33N6O7P. The highest BCUT2D eigenvalue weighted by Gasteiger charge is 2.30. The molecule has 178 valence electrons. The van der Waals surface area contributed by atoms with E-state index in [9.17, 15) is 23.8 Å². The molecule has 0 bridgehead atoms. The highest BCUT2D eigenvalue weighted by molar-refractivity contribution is 7.56. The highest BCUT2D eigenvalue weighted by atomic mass is 31.2. The molecule has 0 aromatic heterocycles. The summed E-state index contributed by atoms with van der Waals surface area (Å²) in [6.07, 6.45) is 1.68. The van der Waals surface area contributed by atoms with Gasteiger partial charge in [-0.05, 0) is 25.2 Å². The number of carboxylic acid groups (broad SMARTS) is 1. The van der Waals surface area contributed by atoms with E-state index in [0.717, 1.165) is 6.08 Å². The third-order valence-electron chi connectivity index (χ3n) is 4.33. The monoisotopic (exact) mass is 464 g/mol. The van der Waals surface area contributed by atoms with Gasteiger partial charge in [-0.1, -0.05) is 26.3 Å². The van der Waals surface area contributed by atoms with Crippen LogP contribution in [0.3, 0.4) is 0 Å². The minimum atomic E-state index is -4.56. The molecule has 0 radical (unpaired) electrons. The molecule has 0 rings (SSSR count). The second-order valence-electron chi connectivity index (χ2n) is 6.96. The Morgan fingerprint density at radius 3 is 2.39 bits per heavy atom. The lowest BCUT2D eigenvalue weighted by molar-refractivity contribution is -0.140. The molecule has 0 heterocycles. The number of nitrogens with one attached hydrogen (secondary N) is 1. The van der Waals surface area contributed by atoms with Crippen LogP contribution in [0.25, 0.3) is 0 Å². The second-order valence-corrected chi connectivity index (χ2v) is 8.57. The molecule has 11 N–H and O–H groups in total. The van der Waals surface area contributed by atoms with Gasteiger partial charge in [-0.2, -0.15) is 0 Å². The van der Waals surface area contributed by atoms with Crippen LogP contribution in [0.5, 0.6) is 0 Å². The number of nitrogens with two attached hydrogens (primary N) is 4. The van der Waals surface area contributed by atoms with Gasteiger partial charge in [-0.25, -0.2) is 9.36 Å². The maximum atomic E-state index is 12.4. The summed E-state index contributed by atoms with van der Waals surface area (Å²) < 4.78 is 16.8. The minimum Gasteiger partial charge on any atom is -0.480 e. The van der Waals surface area contributed by atoms with Crippen LogP contribution in [0, 0.1) is 5.92 Å². The first-order valence-electron chi connectivity index (χ1n) is 9.64. The van der Waals surface area contributed by atoms with E-state index >= 15 is 0 Å². The largest absolute Gasteiger partial charge is 0.480 e. The Labute approximate surface area is 180 Å². The van der Waals surface area contributed by atoms with Crippen molar-refractivity contribution in [1.82, 2.24) is 5.32 Å². The normalized spacial score (nSPS) is 17.1. The van der Waals surface area contributed by atoms with Crippen molar-refractivity contribution in [2.75, 3.05) is 6.54 Å². The summed E-state index contributed by atoms with van der Waals surface area (Å²) in [6.45, 7) is 3.78. The first-order valence-corrected chi connectivity index (χ1v) is 11.3. The SMILES string of the molecule is CC[C@H](C)[C@H](N)C(=O)N[C@@H](CCCN=C(N)N)C(=O)OP(=O)(O)C=CCC(N)C(=O)O. The van der Waals surface area contributed by atoms with Gasteiger partial charge in [0.2, 0.25) is 5.91 Å². The van der Waals surface area contributed by atoms with Crippen molar-refractivity contribution in [1.29, 1.82) is 0 Å². The lowest BCUT2D eigenvalue weighted by Crippen LogP contribution is -2.51. The highest BCUT2D eigenvalue weighted by Crippen LogP contribution is 2.44. The zero-order valence-corrected chi connectivity index (χ0v) is 18.5. The van der Waals surface area contributed by atoms with Crippen LogP contribution in [0.15, 0.2) is 16.9 Å². The van der Waals surface area contributed by atoms with Gasteiger partial charge in [0.25, 0.3) is 0 Å². The number of carbonyl (C=O) groups is 3. The number of hydrogen-bond donors (Lipinski definition) is 7. The molecule has 1 amide bonds. The standard InChI is InChI=1S/C17H33N6O7P/c1-3-10(2)13(19)14(24)23-12(7-4-8-22-17(20)21)16(27)30-31(28,29)9-5-6-11(18)15(25)26/h5,9-13H,3-4,6-8,18-19H2,1-2H3,(H,23,24)(H,25,26)(H,28,29)(H4,20,21,22)/t10-,11?,12-,13-/m0/s1. The van der Waals surface area contributed by atoms with E-state index in [1.165, 1.54) is 0 Å². The van der Waals surface area contributed by atoms with Crippen molar-refractivity contribution in [2.45, 2.75) is 57.7 Å². The van der Waals surface area contributed by atoms with Crippen LogP contribution in [-0.4, -0.2) is 58.5 Å². The van der Waals surface area contributed by atoms with Crippen LogP contribution in [-0.2, 0) is 23.5 Å². The molecule has 5 atom stereocenters. The molecule has 14 heteroatoms. The molecule has 0 spiro atoms. The number of rotatable bonds is 14. The Balaban J connectivity index is 5.22. The Hall–Kier alpha value is -2.47. The van der Waals surface area contributed by atoms with E-state index in [0.29, 0.717) is 12.2 Å². The summed E-state index contributed by atoms with van der Waals surface area (Å²) in [4.78, 5) is 49.1. The van der Waals surface area contributed by atoms with E-state index in [-0.39, 0.29) is 37.7 Å². The second kappa shape index (κ2) is 13.8. The third kappa shape index (κ3) is 12.1. The average molecular weight is 464 g/mol. The van der Waals surface area contributed by atoms with Crippen molar-refractivity contribution in [3.05, 3.63) is 11.9 Å². The van der Waals surface area contributed by atoms with Crippen LogP contribution < -0.4 is 28.3 Å². The van der Waals surface area contributed by atoms with Gasteiger partial charge in [0.15, 0.2) is 5.96 Å². The lowest BCUT2D eigenvalue weighted by atomic mass is 9.99. The van der Waals surface area contributed by atoms with Crippen LogP contribution in [0.2, 0.25) is 0 Å². The number of carboxylic acids is 1. The fourth-order valence-corrected chi connectivity index (χ4v) is 3.03. The van der Waals surface area contributed by atoms with Crippen molar-refractivity contribution >= 4 is 31.4 Å². The maximum Gasteiger partial charge on any atom is 0.402 e. The molecular weight excluding hydrogens is 431 g/mol. The van der Waals surface area contributed by atoms with Gasteiger partial charge in [0.1, 0.15) is 12.1 Å². The van der Waals surface area contributed by atoms with Crippen LogP contribution in [0.4, 0.5) is 0 Å². The lowest BCUT2D eigenvalue weighted by Gasteiger charge is -2.23. The summed E-state index contributed by atoms with van der Waals surface area (Å²) in [5, 5.41) is 11.1. The fourth-order valence-electron chi connectivity index (χ4n) is 2.20. The third-order valence-corrected chi connectivity index (χ3v) is 5.36. The molecule has 0 fully saturated rings. The molecule has 13 nitrogen and oxygen atoms in total. The number of hydrogen-bond acceptors (Lipinski definition) is 8. The van der Waals surface area contributed by atoms with E-state index in [1.807, 2.05) is 6.92 Å². The van der Waals surface area contributed by atoms with E-state index in [1.54, 1.807) is 6.92 Å². The summed E-state index contributed by atoms with van der Waals surface area (Å²) in [5.74, 6) is -2.72. The quantitative estimate of drug-likeness (QED) is 0.0706. The summed E-state index contributed by atoms with van der Waals surface area (Å²) >= 11 is 0. The number of guanidine groups is 1. The average Bonchev–Trinajstić information content (AvgIpc) is 2.67. The first kappa shape index (κ1) is 28.5. The summed E-state index contributed by atoms with van der Waals surface area (Å²) in [5.41, 5.74) is 21.6. The van der Waals surface area contributed by atoms with Gasteiger partial charge in [0.05, 0.1) is 6.04 Å². The number of aliphatic carboxylic acids is 1. The Morgan fingerprint density at radius 1 is 1.26 bits per heavy atom. The van der Waals surface area contributed by atoms with Gasteiger partial charge >= 0.3 is 19.5 Å². The molecule has 0 aliphatic heterocycles. The zero-order valence-electron chi connectivity index (χ0n) is 17.6. The van der Waals surface area contributed by atoms with Crippen molar-refractivity contribution in [3.63, 3.8) is 0 Å². The first-order chi connectivity index (χ1) is 14.3. The Morgan fingerprint density at radius 2 is 1.87 bits per heavy atom. The molecule has 31 heavy (non-hydrogen) atoms. The van der Waals surface area contributed by atoms with Gasteiger partial charge in [-0.3, -0.25) is 14.6 Å². The smallest absolute Gasteiger partial charge is 0.402 e. The Kier molecular flexibility index (Phi) is 12.7. The molecule has 0 aromatic carbocycles. The predicted octanol–water partition coefficient (Wildman–Crippen LogP) is -1.06. The van der Waals surface area contributed by atoms with Crippen molar-refractivity contribution in [3.8, 4) is 0 Å². The van der Waals surface area contributed by atoms with Gasteiger partial charge in [0, 0.05) is 12.4 Å². The number of nitrogens with zero attached hydrogens (tertiary/aromatic N) is 1. The summed E-state index contributed by atoms with van der Waals surface area (Å²) in [7, 11) is -4.56. The fraction of sp³-hybridized carbons (Fsp3) is 0.647. The van der Waals surface area contributed by atoms with E-state index in [2.05, 4.69) is 14.8 Å². The predicted molar refractivity (Wildman–Crippen MR) is 115 cm³/mol.